The average molecular weight is 310 g/mol. The highest BCUT2D eigenvalue weighted by atomic mass is 16.7. The number of hydroxylamine groups is 2. The molecule has 2 bridgehead atoms. The van der Waals surface area contributed by atoms with Gasteiger partial charge in [0.2, 0.25) is 5.91 Å². The Morgan fingerprint density at radius 2 is 2.23 bits per heavy atom. The zero-order valence-corrected chi connectivity index (χ0v) is 12.3. The number of carbonyl (C=O) groups excluding carboxylic acids is 3. The maximum atomic E-state index is 12.1. The molecule has 0 aliphatic carbocycles. The van der Waals surface area contributed by atoms with Gasteiger partial charge in [-0.15, -0.1) is 0 Å². The summed E-state index contributed by atoms with van der Waals surface area (Å²) in [6.45, 7) is 1.74. The number of nitrogens with one attached hydrogen (secondary N) is 1. The number of carbonyl (C=O) groups is 3. The fraction of sp³-hybridized carbons (Fsp3) is 0.692. The van der Waals surface area contributed by atoms with Gasteiger partial charge in [-0.25, -0.2) is 4.79 Å². The first-order chi connectivity index (χ1) is 10.6. The van der Waals surface area contributed by atoms with Crippen molar-refractivity contribution in [3.05, 3.63) is 0 Å². The second kappa shape index (κ2) is 7.09. The number of ether oxygens (including phenoxy) is 1. The highest BCUT2D eigenvalue weighted by molar-refractivity contribution is 5.83. The van der Waals surface area contributed by atoms with E-state index in [0.717, 1.165) is 5.06 Å². The molecule has 0 aromatic rings. The molecule has 0 unspecified atom stereocenters. The van der Waals surface area contributed by atoms with Crippen LogP contribution in [-0.2, 0) is 19.2 Å². The van der Waals surface area contributed by atoms with Gasteiger partial charge in [-0.1, -0.05) is 0 Å². The molecule has 2 aliphatic heterocycles. The molecule has 120 valence electrons. The lowest BCUT2D eigenvalue weighted by atomic mass is 10.0. The molecule has 2 atom stereocenters. The van der Waals surface area contributed by atoms with Crippen molar-refractivity contribution in [2.75, 3.05) is 26.3 Å². The Hall–Kier alpha value is -2.34. The molecule has 0 aromatic heterocycles. The number of fused-ring (bicyclic) bond motifs is 2. The molecular weight excluding hydrogens is 292 g/mol. The number of urea groups is 1. The first-order valence-electron chi connectivity index (χ1n) is 7.11. The van der Waals surface area contributed by atoms with Gasteiger partial charge >= 0.3 is 12.0 Å². The fourth-order valence-corrected chi connectivity index (χ4v) is 2.49. The third kappa shape index (κ3) is 3.46. The number of nitrogens with zero attached hydrogens (tertiary/aromatic N) is 3. The van der Waals surface area contributed by atoms with Gasteiger partial charge in [0.05, 0.1) is 18.7 Å². The molecule has 2 saturated heterocycles. The van der Waals surface area contributed by atoms with Gasteiger partial charge in [0.25, 0.3) is 0 Å². The van der Waals surface area contributed by atoms with Crippen molar-refractivity contribution in [1.29, 1.82) is 5.26 Å². The molecule has 2 rings (SSSR count). The van der Waals surface area contributed by atoms with Gasteiger partial charge in [0.15, 0.2) is 6.61 Å². The summed E-state index contributed by atoms with van der Waals surface area (Å²) in [4.78, 5) is 41.5. The minimum Gasteiger partial charge on any atom is -0.465 e. The molecule has 22 heavy (non-hydrogen) atoms. The normalized spacial score (nSPS) is 23.2. The molecule has 0 spiro atoms. The Bertz CT molecular complexity index is 503. The maximum Gasteiger partial charge on any atom is 0.345 e. The van der Waals surface area contributed by atoms with Crippen LogP contribution in [0.4, 0.5) is 4.79 Å². The van der Waals surface area contributed by atoms with Crippen molar-refractivity contribution in [3.8, 4) is 6.07 Å². The smallest absolute Gasteiger partial charge is 0.345 e. The minimum atomic E-state index is -0.535. The van der Waals surface area contributed by atoms with E-state index in [4.69, 9.17) is 10.1 Å². The van der Waals surface area contributed by atoms with E-state index >= 15 is 0 Å². The lowest BCUT2D eigenvalue weighted by molar-refractivity contribution is -0.156. The van der Waals surface area contributed by atoms with Crippen molar-refractivity contribution in [3.63, 3.8) is 0 Å². The van der Waals surface area contributed by atoms with Crippen molar-refractivity contribution >= 4 is 17.9 Å². The molecule has 2 aliphatic rings. The van der Waals surface area contributed by atoms with Crippen LogP contribution in [0.1, 0.15) is 19.8 Å². The summed E-state index contributed by atoms with van der Waals surface area (Å²) in [5.74, 6) is -1.05. The summed E-state index contributed by atoms with van der Waals surface area (Å²) in [6, 6.07) is 1.11. The summed E-state index contributed by atoms with van der Waals surface area (Å²) in [6.07, 6.45) is 1.26. The monoisotopic (exact) mass is 310 g/mol. The molecule has 0 saturated carbocycles. The van der Waals surface area contributed by atoms with Gasteiger partial charge in [-0.05, 0) is 19.8 Å². The first-order valence-corrected chi connectivity index (χ1v) is 7.11. The second-order valence-corrected chi connectivity index (χ2v) is 4.99. The van der Waals surface area contributed by atoms with Crippen LogP contribution in [0.25, 0.3) is 0 Å². The molecule has 1 N–H and O–H groups in total. The summed E-state index contributed by atoms with van der Waals surface area (Å²) in [5, 5.41) is 12.5. The zero-order valence-electron chi connectivity index (χ0n) is 12.3. The molecule has 3 amide bonds. The molecule has 0 aromatic carbocycles. The predicted molar refractivity (Wildman–Crippen MR) is 72.0 cm³/mol. The lowest BCUT2D eigenvalue weighted by Gasteiger charge is -2.25. The Morgan fingerprint density at radius 3 is 2.91 bits per heavy atom. The van der Waals surface area contributed by atoms with Crippen LogP contribution in [0.15, 0.2) is 0 Å². The van der Waals surface area contributed by atoms with Gasteiger partial charge < -0.3 is 15.0 Å². The predicted octanol–water partition coefficient (Wildman–Crippen LogP) is -0.611. The third-order valence-electron chi connectivity index (χ3n) is 3.54. The summed E-state index contributed by atoms with van der Waals surface area (Å²) in [5.41, 5.74) is 0. The summed E-state index contributed by atoms with van der Waals surface area (Å²) < 4.78 is 4.67. The van der Waals surface area contributed by atoms with Gasteiger partial charge in [0.1, 0.15) is 12.6 Å². The molecule has 9 heteroatoms. The van der Waals surface area contributed by atoms with Crippen LogP contribution in [0.3, 0.4) is 0 Å². The Balaban J connectivity index is 1.78. The van der Waals surface area contributed by atoms with Crippen molar-refractivity contribution in [2.24, 2.45) is 0 Å². The molecule has 2 heterocycles. The number of esters is 1. The van der Waals surface area contributed by atoms with Crippen LogP contribution in [0.5, 0.6) is 0 Å². The first kappa shape index (κ1) is 16.0. The number of hydrogen-bond acceptors (Lipinski definition) is 6. The number of hydrogen-bond donors (Lipinski definition) is 1. The molecule has 9 nitrogen and oxygen atoms in total. The highest BCUT2D eigenvalue weighted by Gasteiger charge is 2.45. The van der Waals surface area contributed by atoms with Crippen molar-refractivity contribution in [2.45, 2.75) is 31.8 Å². The average Bonchev–Trinajstić information content (AvgIpc) is 2.76. The van der Waals surface area contributed by atoms with E-state index < -0.39 is 23.9 Å². The van der Waals surface area contributed by atoms with E-state index in [1.54, 1.807) is 6.92 Å². The highest BCUT2D eigenvalue weighted by Crippen LogP contribution is 2.29. The van der Waals surface area contributed by atoms with Crippen LogP contribution < -0.4 is 5.32 Å². The van der Waals surface area contributed by atoms with Crippen LogP contribution in [0, 0.1) is 11.3 Å². The molecule has 2 fully saturated rings. The number of piperidine rings is 1. The summed E-state index contributed by atoms with van der Waals surface area (Å²) in [7, 11) is 0. The lowest BCUT2D eigenvalue weighted by Crippen LogP contribution is -2.39. The SMILES string of the molecule is CCOC(=O)CNC(=O)CON1C(=O)N2C[C@H]1CC[C@H]2C#N. The largest absolute Gasteiger partial charge is 0.465 e. The molecular formula is C13H18N4O5. The van der Waals surface area contributed by atoms with E-state index in [2.05, 4.69) is 16.1 Å². The fourth-order valence-electron chi connectivity index (χ4n) is 2.49. The number of rotatable bonds is 6. The van der Waals surface area contributed by atoms with E-state index in [0.29, 0.717) is 19.4 Å². The Morgan fingerprint density at radius 1 is 1.45 bits per heavy atom. The van der Waals surface area contributed by atoms with Crippen LogP contribution in [0.2, 0.25) is 0 Å². The van der Waals surface area contributed by atoms with E-state index in [1.165, 1.54) is 4.90 Å². The number of amides is 3. The zero-order chi connectivity index (χ0) is 16.1. The van der Waals surface area contributed by atoms with Crippen LogP contribution in [-0.4, -0.2) is 66.3 Å². The van der Waals surface area contributed by atoms with E-state index in [1.807, 2.05) is 0 Å². The quantitative estimate of drug-likeness (QED) is 0.655. The van der Waals surface area contributed by atoms with Crippen LogP contribution >= 0.6 is 0 Å². The second-order valence-electron chi connectivity index (χ2n) is 4.99. The Kier molecular flexibility index (Phi) is 5.16. The van der Waals surface area contributed by atoms with Gasteiger partial charge in [0, 0.05) is 6.54 Å². The van der Waals surface area contributed by atoms with Crippen molar-refractivity contribution < 1.29 is 24.0 Å². The summed E-state index contributed by atoms with van der Waals surface area (Å²) >= 11 is 0. The third-order valence-corrected chi connectivity index (χ3v) is 3.54. The Labute approximate surface area is 127 Å². The van der Waals surface area contributed by atoms with E-state index in [-0.39, 0.29) is 25.8 Å². The van der Waals surface area contributed by atoms with Crippen molar-refractivity contribution in [1.82, 2.24) is 15.3 Å². The molecule has 0 radical (unpaired) electrons. The topological polar surface area (TPSA) is 112 Å². The van der Waals surface area contributed by atoms with E-state index in [9.17, 15) is 14.4 Å². The standard InChI is InChI=1S/C13H18N4O5/c1-2-21-12(19)6-15-11(18)8-22-17-10-4-3-9(5-14)16(7-10)13(17)20/h9-10H,2-4,6-8H2,1H3,(H,15,18)/t9-,10+/m0/s1. The maximum absolute atomic E-state index is 12.1. The minimum absolute atomic E-state index is 0.144. The van der Waals surface area contributed by atoms with Gasteiger partial charge in [-0.2, -0.15) is 10.3 Å². The van der Waals surface area contributed by atoms with Gasteiger partial charge in [-0.3, -0.25) is 14.4 Å². The number of nitriles is 1.